The standard InChI is InChI=1S/C33H35BrN2O3/c1-3-4-20-35-33(38)29(21-25-13-6-5-7-14-25)36(22-27-16-9-8-12-24(27)2)31(37)23-39-30-19-18-26-15-10-11-17-28(26)32(30)34/h5-19,29H,3-4,20-23H2,1-2H3,(H,35,38)/t29-/m1/s1. The van der Waals surface area contributed by atoms with Gasteiger partial charge in [0, 0.05) is 19.5 Å². The highest BCUT2D eigenvalue weighted by atomic mass is 79.9. The highest BCUT2D eigenvalue weighted by Gasteiger charge is 2.31. The SMILES string of the molecule is CCCCNC(=O)[C@@H](Cc1ccccc1)N(Cc1ccccc1C)C(=O)COc1ccc2ccccc2c1Br. The molecule has 1 N–H and O–H groups in total. The molecule has 0 spiro atoms. The molecule has 6 heteroatoms. The first-order valence-electron chi connectivity index (χ1n) is 13.4. The van der Waals surface area contributed by atoms with Crippen molar-refractivity contribution in [3.63, 3.8) is 0 Å². The fraction of sp³-hybridized carbons (Fsp3) is 0.273. The van der Waals surface area contributed by atoms with Crippen LogP contribution in [0.4, 0.5) is 0 Å². The second-order valence-corrected chi connectivity index (χ2v) is 10.5. The lowest BCUT2D eigenvalue weighted by Crippen LogP contribution is -2.52. The van der Waals surface area contributed by atoms with Gasteiger partial charge in [-0.15, -0.1) is 0 Å². The van der Waals surface area contributed by atoms with Gasteiger partial charge >= 0.3 is 0 Å². The molecule has 0 unspecified atom stereocenters. The highest BCUT2D eigenvalue weighted by Crippen LogP contribution is 2.33. The van der Waals surface area contributed by atoms with Crippen LogP contribution in [0.3, 0.4) is 0 Å². The van der Waals surface area contributed by atoms with Crippen molar-refractivity contribution in [2.24, 2.45) is 0 Å². The van der Waals surface area contributed by atoms with Gasteiger partial charge in [-0.25, -0.2) is 0 Å². The Morgan fingerprint density at radius 2 is 1.64 bits per heavy atom. The van der Waals surface area contributed by atoms with Crippen LogP contribution >= 0.6 is 15.9 Å². The summed E-state index contributed by atoms with van der Waals surface area (Å²) in [6.45, 7) is 4.81. The lowest BCUT2D eigenvalue weighted by molar-refractivity contribution is -0.142. The molecule has 39 heavy (non-hydrogen) atoms. The fourth-order valence-corrected chi connectivity index (χ4v) is 5.19. The number of unbranched alkanes of at least 4 members (excludes halogenated alkanes) is 1. The van der Waals surface area contributed by atoms with E-state index in [-0.39, 0.29) is 18.4 Å². The second kappa shape index (κ2) is 13.9. The van der Waals surface area contributed by atoms with Crippen molar-refractivity contribution >= 4 is 38.5 Å². The summed E-state index contributed by atoms with van der Waals surface area (Å²) in [4.78, 5) is 29.1. The minimum absolute atomic E-state index is 0.152. The van der Waals surface area contributed by atoms with Gasteiger partial charge in [-0.3, -0.25) is 9.59 Å². The van der Waals surface area contributed by atoms with Crippen molar-refractivity contribution in [1.82, 2.24) is 10.2 Å². The molecule has 1 atom stereocenters. The van der Waals surface area contributed by atoms with Crippen LogP contribution in [0.2, 0.25) is 0 Å². The van der Waals surface area contributed by atoms with Crippen LogP contribution in [0.15, 0.2) is 95.5 Å². The smallest absolute Gasteiger partial charge is 0.261 e. The third-order valence-electron chi connectivity index (χ3n) is 6.88. The molecule has 0 bridgehead atoms. The summed E-state index contributed by atoms with van der Waals surface area (Å²) in [6.07, 6.45) is 2.27. The predicted molar refractivity (Wildman–Crippen MR) is 161 cm³/mol. The number of nitrogens with zero attached hydrogens (tertiary/aromatic N) is 1. The van der Waals surface area contributed by atoms with Gasteiger partial charge in [0.1, 0.15) is 11.8 Å². The zero-order valence-electron chi connectivity index (χ0n) is 22.5. The largest absolute Gasteiger partial charge is 0.483 e. The molecule has 4 aromatic carbocycles. The third kappa shape index (κ3) is 7.48. The van der Waals surface area contributed by atoms with Crippen LogP contribution in [0.25, 0.3) is 10.8 Å². The molecule has 5 nitrogen and oxygen atoms in total. The number of hydrogen-bond acceptors (Lipinski definition) is 3. The molecule has 0 heterocycles. The lowest BCUT2D eigenvalue weighted by atomic mass is 10.0. The van der Waals surface area contributed by atoms with E-state index in [0.29, 0.717) is 25.3 Å². The number of carbonyl (C=O) groups is 2. The topological polar surface area (TPSA) is 58.6 Å². The number of fused-ring (bicyclic) bond motifs is 1. The van der Waals surface area contributed by atoms with E-state index in [1.807, 2.05) is 97.9 Å². The number of rotatable bonds is 12. The van der Waals surface area contributed by atoms with Crippen molar-refractivity contribution in [2.45, 2.75) is 45.7 Å². The van der Waals surface area contributed by atoms with Crippen LogP contribution < -0.4 is 10.1 Å². The highest BCUT2D eigenvalue weighted by molar-refractivity contribution is 9.10. The number of halogens is 1. The maximum atomic E-state index is 13.9. The van der Waals surface area contributed by atoms with Gasteiger partial charge in [0.15, 0.2) is 6.61 Å². The summed E-state index contributed by atoms with van der Waals surface area (Å²) in [5.74, 6) is 0.191. The summed E-state index contributed by atoms with van der Waals surface area (Å²) in [5.41, 5.74) is 3.06. The number of aryl methyl sites for hydroxylation is 1. The quantitative estimate of drug-likeness (QED) is 0.185. The van der Waals surface area contributed by atoms with Crippen LogP contribution in [0, 0.1) is 6.92 Å². The molecular weight excluding hydrogens is 552 g/mol. The van der Waals surface area contributed by atoms with E-state index < -0.39 is 6.04 Å². The Balaban J connectivity index is 1.63. The number of benzene rings is 4. The maximum absolute atomic E-state index is 13.9. The molecule has 4 rings (SSSR count). The number of carbonyl (C=O) groups excluding carboxylic acids is 2. The minimum Gasteiger partial charge on any atom is -0.483 e. The summed E-state index contributed by atoms with van der Waals surface area (Å²) >= 11 is 3.65. The van der Waals surface area contributed by atoms with E-state index in [0.717, 1.165) is 44.8 Å². The third-order valence-corrected chi connectivity index (χ3v) is 7.70. The van der Waals surface area contributed by atoms with Gasteiger partial charge in [0.05, 0.1) is 4.47 Å². The number of hydrogen-bond donors (Lipinski definition) is 1. The monoisotopic (exact) mass is 586 g/mol. The molecule has 0 radical (unpaired) electrons. The maximum Gasteiger partial charge on any atom is 0.261 e. The van der Waals surface area contributed by atoms with Crippen molar-refractivity contribution in [3.05, 3.63) is 112 Å². The minimum atomic E-state index is -0.681. The van der Waals surface area contributed by atoms with E-state index in [1.165, 1.54) is 0 Å². The Bertz CT molecular complexity index is 1410. The van der Waals surface area contributed by atoms with Gasteiger partial charge in [0.2, 0.25) is 5.91 Å². The van der Waals surface area contributed by atoms with E-state index in [4.69, 9.17) is 4.74 Å². The summed E-state index contributed by atoms with van der Waals surface area (Å²) in [5, 5.41) is 5.15. The Labute approximate surface area is 239 Å². The molecule has 202 valence electrons. The normalized spacial score (nSPS) is 11.7. The number of ether oxygens (including phenoxy) is 1. The zero-order chi connectivity index (χ0) is 27.6. The van der Waals surface area contributed by atoms with Crippen molar-refractivity contribution < 1.29 is 14.3 Å². The fourth-order valence-electron chi connectivity index (χ4n) is 4.58. The van der Waals surface area contributed by atoms with E-state index >= 15 is 0 Å². The van der Waals surface area contributed by atoms with Crippen molar-refractivity contribution in [3.8, 4) is 5.75 Å². The molecule has 0 saturated heterocycles. The van der Waals surface area contributed by atoms with E-state index in [9.17, 15) is 9.59 Å². The summed E-state index contributed by atoms with van der Waals surface area (Å²) < 4.78 is 6.87. The summed E-state index contributed by atoms with van der Waals surface area (Å²) in [6, 6.07) is 29.0. The van der Waals surface area contributed by atoms with Crippen LogP contribution in [0.1, 0.15) is 36.5 Å². The number of nitrogens with one attached hydrogen (secondary N) is 1. The first-order chi connectivity index (χ1) is 19.0. The lowest BCUT2D eigenvalue weighted by Gasteiger charge is -2.32. The first kappa shape index (κ1) is 28.4. The first-order valence-corrected chi connectivity index (χ1v) is 14.2. The predicted octanol–water partition coefficient (Wildman–Crippen LogP) is 6.85. The van der Waals surface area contributed by atoms with Gasteiger partial charge in [-0.2, -0.15) is 0 Å². The Morgan fingerprint density at radius 3 is 2.41 bits per heavy atom. The average molecular weight is 588 g/mol. The van der Waals surface area contributed by atoms with Crippen molar-refractivity contribution in [1.29, 1.82) is 0 Å². The van der Waals surface area contributed by atoms with Crippen LogP contribution in [-0.2, 0) is 22.6 Å². The average Bonchev–Trinajstić information content (AvgIpc) is 2.96. The molecule has 4 aromatic rings. The molecular formula is C33H35BrN2O3. The van der Waals surface area contributed by atoms with Gasteiger partial charge in [-0.1, -0.05) is 98.3 Å². The summed E-state index contributed by atoms with van der Waals surface area (Å²) in [7, 11) is 0. The Morgan fingerprint density at radius 1 is 0.923 bits per heavy atom. The van der Waals surface area contributed by atoms with Gasteiger partial charge in [-0.05, 0) is 62.8 Å². The van der Waals surface area contributed by atoms with Crippen LogP contribution in [0.5, 0.6) is 5.75 Å². The zero-order valence-corrected chi connectivity index (χ0v) is 24.1. The van der Waals surface area contributed by atoms with Gasteiger partial charge < -0.3 is 15.0 Å². The van der Waals surface area contributed by atoms with Gasteiger partial charge in [0.25, 0.3) is 5.91 Å². The Hall–Kier alpha value is -3.64. The molecule has 0 aliphatic rings. The molecule has 0 saturated carbocycles. The van der Waals surface area contributed by atoms with E-state index in [2.05, 4.69) is 28.2 Å². The molecule has 2 amide bonds. The van der Waals surface area contributed by atoms with Crippen molar-refractivity contribution in [2.75, 3.05) is 13.2 Å². The molecule has 0 aromatic heterocycles. The van der Waals surface area contributed by atoms with E-state index in [1.54, 1.807) is 4.90 Å². The second-order valence-electron chi connectivity index (χ2n) is 9.69. The molecule has 0 fully saturated rings. The Kier molecular flexibility index (Phi) is 10.1. The van der Waals surface area contributed by atoms with Crippen LogP contribution in [-0.4, -0.2) is 35.9 Å². The molecule has 0 aliphatic heterocycles. The molecule has 0 aliphatic carbocycles. The number of amides is 2.